The van der Waals surface area contributed by atoms with Crippen LogP contribution in [0.2, 0.25) is 0 Å². The fraction of sp³-hybridized carbons (Fsp3) is 0.667. The molecule has 1 aliphatic rings. The average molecular weight is 274 g/mol. The molecule has 0 aromatic heterocycles. The summed E-state index contributed by atoms with van der Waals surface area (Å²) < 4.78 is 0. The molecule has 2 nitrogen and oxygen atoms in total. The molecular weight excluding hydrogens is 244 g/mol. The van der Waals surface area contributed by atoms with E-state index in [0.29, 0.717) is 11.5 Å². The summed E-state index contributed by atoms with van der Waals surface area (Å²) in [5.74, 6) is 0.866. The second-order valence-corrected chi connectivity index (χ2v) is 7.16. The van der Waals surface area contributed by atoms with Crippen LogP contribution in [0, 0.1) is 11.3 Å². The van der Waals surface area contributed by atoms with Crippen molar-refractivity contribution in [2.45, 2.75) is 39.7 Å². The van der Waals surface area contributed by atoms with Crippen LogP contribution in [-0.2, 0) is 0 Å². The van der Waals surface area contributed by atoms with Gasteiger partial charge in [0, 0.05) is 12.6 Å². The van der Waals surface area contributed by atoms with E-state index in [2.05, 4.69) is 68.4 Å². The quantitative estimate of drug-likeness (QED) is 0.900. The lowest BCUT2D eigenvalue weighted by molar-refractivity contribution is 0.0824. The van der Waals surface area contributed by atoms with Crippen LogP contribution in [0.15, 0.2) is 30.3 Å². The highest BCUT2D eigenvalue weighted by atomic mass is 15.2. The van der Waals surface area contributed by atoms with Gasteiger partial charge in [-0.05, 0) is 49.9 Å². The molecule has 2 rings (SSSR count). The van der Waals surface area contributed by atoms with Gasteiger partial charge in [0.1, 0.15) is 0 Å². The molecule has 0 radical (unpaired) electrons. The molecular formula is C18H30N2. The number of nitrogens with one attached hydrogen (secondary N) is 1. The lowest BCUT2D eigenvalue weighted by Gasteiger charge is -2.42. The SMILES string of the molecule is CNCC(c1ccccc1)N1CCC(C(C)(C)C)CC1. The summed E-state index contributed by atoms with van der Waals surface area (Å²) in [5.41, 5.74) is 1.90. The zero-order valence-corrected chi connectivity index (χ0v) is 13.5. The van der Waals surface area contributed by atoms with Crippen LogP contribution < -0.4 is 5.32 Å². The number of hydrogen-bond donors (Lipinski definition) is 1. The highest BCUT2D eigenvalue weighted by molar-refractivity contribution is 5.19. The van der Waals surface area contributed by atoms with Gasteiger partial charge >= 0.3 is 0 Å². The van der Waals surface area contributed by atoms with Crippen LogP contribution in [-0.4, -0.2) is 31.6 Å². The Kier molecular flexibility index (Phi) is 5.22. The Morgan fingerprint density at radius 2 is 1.75 bits per heavy atom. The molecule has 1 heterocycles. The molecule has 1 aromatic carbocycles. The van der Waals surface area contributed by atoms with Gasteiger partial charge in [0.05, 0.1) is 0 Å². The van der Waals surface area contributed by atoms with Crippen molar-refractivity contribution in [3.63, 3.8) is 0 Å². The molecule has 0 saturated carbocycles. The highest BCUT2D eigenvalue weighted by Crippen LogP contribution is 2.36. The van der Waals surface area contributed by atoms with E-state index >= 15 is 0 Å². The second kappa shape index (κ2) is 6.73. The smallest absolute Gasteiger partial charge is 0.0472 e. The zero-order chi connectivity index (χ0) is 14.6. The molecule has 0 aliphatic carbocycles. The van der Waals surface area contributed by atoms with Crippen molar-refractivity contribution in [3.05, 3.63) is 35.9 Å². The van der Waals surface area contributed by atoms with E-state index in [1.54, 1.807) is 0 Å². The van der Waals surface area contributed by atoms with Crippen LogP contribution in [0.4, 0.5) is 0 Å². The first kappa shape index (κ1) is 15.5. The predicted octanol–water partition coefficient (Wildman–Crippen LogP) is 3.71. The summed E-state index contributed by atoms with van der Waals surface area (Å²) in [6.45, 7) is 10.6. The van der Waals surface area contributed by atoms with Crippen LogP contribution in [0.3, 0.4) is 0 Å². The van der Waals surface area contributed by atoms with Gasteiger partial charge in [-0.2, -0.15) is 0 Å². The van der Waals surface area contributed by atoms with Crippen molar-refractivity contribution < 1.29 is 0 Å². The molecule has 1 aliphatic heterocycles. The van der Waals surface area contributed by atoms with Gasteiger partial charge in [-0.1, -0.05) is 51.1 Å². The van der Waals surface area contributed by atoms with Crippen LogP contribution in [0.1, 0.15) is 45.2 Å². The number of benzene rings is 1. The van der Waals surface area contributed by atoms with Gasteiger partial charge in [0.25, 0.3) is 0 Å². The largest absolute Gasteiger partial charge is 0.318 e. The minimum absolute atomic E-state index is 0.456. The van der Waals surface area contributed by atoms with Gasteiger partial charge in [-0.25, -0.2) is 0 Å². The lowest BCUT2D eigenvalue weighted by atomic mass is 9.75. The minimum atomic E-state index is 0.456. The van der Waals surface area contributed by atoms with E-state index in [9.17, 15) is 0 Å². The van der Waals surface area contributed by atoms with Gasteiger partial charge < -0.3 is 5.32 Å². The highest BCUT2D eigenvalue weighted by Gasteiger charge is 2.31. The van der Waals surface area contributed by atoms with E-state index in [0.717, 1.165) is 12.5 Å². The molecule has 0 amide bonds. The summed E-state index contributed by atoms with van der Waals surface area (Å²) in [5, 5.41) is 3.36. The summed E-state index contributed by atoms with van der Waals surface area (Å²) in [6, 6.07) is 11.4. The normalized spacial score (nSPS) is 20.0. The molecule has 1 atom stereocenters. The lowest BCUT2D eigenvalue weighted by Crippen LogP contribution is -2.42. The predicted molar refractivity (Wildman–Crippen MR) is 86.9 cm³/mol. The third kappa shape index (κ3) is 3.83. The van der Waals surface area contributed by atoms with Crippen molar-refractivity contribution >= 4 is 0 Å². The Hall–Kier alpha value is -0.860. The fourth-order valence-corrected chi connectivity index (χ4v) is 3.40. The minimum Gasteiger partial charge on any atom is -0.318 e. The monoisotopic (exact) mass is 274 g/mol. The number of likely N-dealkylation sites (N-methyl/N-ethyl adjacent to an activating group) is 1. The van der Waals surface area contributed by atoms with Gasteiger partial charge in [0.15, 0.2) is 0 Å². The summed E-state index contributed by atoms with van der Waals surface area (Å²) in [7, 11) is 2.05. The third-order valence-corrected chi connectivity index (χ3v) is 4.78. The van der Waals surface area contributed by atoms with E-state index < -0.39 is 0 Å². The Bertz CT molecular complexity index is 386. The van der Waals surface area contributed by atoms with Crippen molar-refractivity contribution in [2.24, 2.45) is 11.3 Å². The first-order valence-corrected chi connectivity index (χ1v) is 7.96. The number of piperidine rings is 1. The second-order valence-electron chi connectivity index (χ2n) is 7.16. The molecule has 1 N–H and O–H groups in total. The molecule has 0 bridgehead atoms. The maximum atomic E-state index is 3.36. The first-order chi connectivity index (χ1) is 9.52. The van der Waals surface area contributed by atoms with Crippen LogP contribution in [0.5, 0.6) is 0 Å². The molecule has 0 spiro atoms. The summed E-state index contributed by atoms with van der Waals surface area (Å²) in [6.07, 6.45) is 2.66. The fourth-order valence-electron chi connectivity index (χ4n) is 3.40. The number of hydrogen-bond acceptors (Lipinski definition) is 2. The maximum absolute atomic E-state index is 3.36. The Morgan fingerprint density at radius 3 is 2.25 bits per heavy atom. The third-order valence-electron chi connectivity index (χ3n) is 4.78. The topological polar surface area (TPSA) is 15.3 Å². The molecule has 1 aromatic rings. The van der Waals surface area contributed by atoms with Gasteiger partial charge in [-0.3, -0.25) is 4.90 Å². The molecule has 112 valence electrons. The van der Waals surface area contributed by atoms with Crippen molar-refractivity contribution in [2.75, 3.05) is 26.7 Å². The van der Waals surface area contributed by atoms with E-state index in [1.165, 1.54) is 31.5 Å². The van der Waals surface area contributed by atoms with Crippen LogP contribution in [0.25, 0.3) is 0 Å². The van der Waals surface area contributed by atoms with Crippen molar-refractivity contribution in [3.8, 4) is 0 Å². The van der Waals surface area contributed by atoms with Gasteiger partial charge in [0.2, 0.25) is 0 Å². The van der Waals surface area contributed by atoms with E-state index in [4.69, 9.17) is 0 Å². The van der Waals surface area contributed by atoms with Crippen molar-refractivity contribution in [1.82, 2.24) is 10.2 Å². The maximum Gasteiger partial charge on any atom is 0.0472 e. The summed E-state index contributed by atoms with van der Waals surface area (Å²) >= 11 is 0. The number of likely N-dealkylation sites (tertiary alicyclic amines) is 1. The molecule has 1 saturated heterocycles. The summed E-state index contributed by atoms with van der Waals surface area (Å²) in [4.78, 5) is 2.66. The standard InChI is InChI=1S/C18H30N2/c1-18(2,3)16-10-12-20(13-11-16)17(14-19-4)15-8-6-5-7-9-15/h5-9,16-17,19H,10-14H2,1-4H3. The van der Waals surface area contributed by atoms with E-state index in [-0.39, 0.29) is 0 Å². The Labute approximate surface area is 124 Å². The van der Waals surface area contributed by atoms with E-state index in [1.807, 2.05) is 0 Å². The molecule has 1 fully saturated rings. The molecule has 20 heavy (non-hydrogen) atoms. The Morgan fingerprint density at radius 1 is 1.15 bits per heavy atom. The van der Waals surface area contributed by atoms with Gasteiger partial charge in [-0.15, -0.1) is 0 Å². The average Bonchev–Trinajstić information content (AvgIpc) is 2.45. The first-order valence-electron chi connectivity index (χ1n) is 7.96. The molecule has 2 heteroatoms. The number of rotatable bonds is 4. The van der Waals surface area contributed by atoms with Crippen molar-refractivity contribution in [1.29, 1.82) is 0 Å². The molecule has 1 unspecified atom stereocenters. The zero-order valence-electron chi connectivity index (χ0n) is 13.5. The Balaban J connectivity index is 2.02. The number of nitrogens with zero attached hydrogens (tertiary/aromatic N) is 1. The van der Waals surface area contributed by atoms with Crippen LogP contribution >= 0.6 is 0 Å².